The van der Waals surface area contributed by atoms with Gasteiger partial charge in [0.05, 0.1) is 29.8 Å². The van der Waals surface area contributed by atoms with E-state index in [1.54, 1.807) is 43.3 Å². The zero-order valence-corrected chi connectivity index (χ0v) is 22.8. The summed E-state index contributed by atoms with van der Waals surface area (Å²) in [6.07, 6.45) is 2.23. The molecule has 0 unspecified atom stereocenters. The van der Waals surface area contributed by atoms with Crippen molar-refractivity contribution < 1.29 is 14.3 Å². The molecule has 0 radical (unpaired) electrons. The Hall–Kier alpha value is -4.44. The molecule has 40 heavy (non-hydrogen) atoms. The first-order valence-electron chi connectivity index (χ1n) is 12.9. The molecule has 2 aromatic heterocycles. The summed E-state index contributed by atoms with van der Waals surface area (Å²) in [5, 5.41) is 0.507. The number of hydrogen-bond donors (Lipinski definition) is 1. The Morgan fingerprint density at radius 1 is 1.07 bits per heavy atom. The SMILES string of the molecule is CCOC(=O)[C@H]1C[C@@H](n2c(=O)[nH]/c(=N\c3ccc(Oc4ccc(Cl)cn4)cc3)n(Cc3ccc(C)cc3)c2=O)C1. The molecule has 0 bridgehead atoms. The molecule has 11 heteroatoms. The van der Waals surface area contributed by atoms with Crippen molar-refractivity contribution in [1.29, 1.82) is 0 Å². The summed E-state index contributed by atoms with van der Waals surface area (Å²) in [4.78, 5) is 50.3. The van der Waals surface area contributed by atoms with E-state index in [4.69, 9.17) is 21.1 Å². The molecule has 10 nitrogen and oxygen atoms in total. The zero-order valence-electron chi connectivity index (χ0n) is 22.0. The van der Waals surface area contributed by atoms with Gasteiger partial charge in [0.2, 0.25) is 11.5 Å². The van der Waals surface area contributed by atoms with Crippen LogP contribution in [0.25, 0.3) is 0 Å². The number of H-pyrrole nitrogens is 1. The number of pyridine rings is 1. The highest BCUT2D eigenvalue weighted by Gasteiger charge is 2.38. The van der Waals surface area contributed by atoms with Crippen molar-refractivity contribution in [3.05, 3.63) is 110 Å². The third-order valence-corrected chi connectivity index (χ3v) is 6.91. The lowest BCUT2D eigenvalue weighted by Crippen LogP contribution is -2.53. The number of hydrogen-bond acceptors (Lipinski definition) is 7. The predicted molar refractivity (Wildman–Crippen MR) is 149 cm³/mol. The molecule has 1 aliphatic carbocycles. The van der Waals surface area contributed by atoms with E-state index in [-0.39, 0.29) is 24.1 Å². The second kappa shape index (κ2) is 11.7. The molecule has 1 aliphatic rings. The maximum absolute atomic E-state index is 13.7. The van der Waals surface area contributed by atoms with Gasteiger partial charge in [0.1, 0.15) is 5.75 Å². The summed E-state index contributed by atoms with van der Waals surface area (Å²) in [6, 6.07) is 17.6. The molecule has 0 amide bonds. The molecule has 0 saturated heterocycles. The van der Waals surface area contributed by atoms with Gasteiger partial charge >= 0.3 is 17.3 Å². The van der Waals surface area contributed by atoms with Crippen molar-refractivity contribution in [1.82, 2.24) is 19.1 Å². The van der Waals surface area contributed by atoms with Gasteiger partial charge in [-0.1, -0.05) is 41.4 Å². The lowest BCUT2D eigenvalue weighted by Gasteiger charge is -2.34. The molecule has 1 fully saturated rings. The number of nitrogens with zero attached hydrogens (tertiary/aromatic N) is 4. The number of rotatable bonds is 8. The molecule has 4 aromatic rings. The van der Waals surface area contributed by atoms with Crippen LogP contribution < -0.4 is 21.7 Å². The number of esters is 1. The number of ether oxygens (including phenoxy) is 2. The zero-order chi connectivity index (χ0) is 28.2. The number of aryl methyl sites for hydroxylation is 1. The highest BCUT2D eigenvalue weighted by molar-refractivity contribution is 6.30. The number of carbonyl (C=O) groups is 1. The van der Waals surface area contributed by atoms with E-state index in [1.807, 2.05) is 31.2 Å². The molecule has 0 aliphatic heterocycles. The van der Waals surface area contributed by atoms with E-state index >= 15 is 0 Å². The lowest BCUT2D eigenvalue weighted by molar-refractivity contribution is -0.152. The van der Waals surface area contributed by atoms with Crippen LogP contribution in [0.5, 0.6) is 11.6 Å². The van der Waals surface area contributed by atoms with Crippen molar-refractivity contribution in [3.8, 4) is 11.6 Å². The van der Waals surface area contributed by atoms with Gasteiger partial charge in [-0.2, -0.15) is 0 Å². The molecule has 206 valence electrons. The third kappa shape index (κ3) is 6.07. The quantitative estimate of drug-likeness (QED) is 0.321. The number of aromatic amines is 1. The minimum Gasteiger partial charge on any atom is -0.466 e. The number of nitrogens with one attached hydrogen (secondary N) is 1. The number of aromatic nitrogens is 4. The molecule has 0 atom stereocenters. The highest BCUT2D eigenvalue weighted by Crippen LogP contribution is 2.36. The largest absolute Gasteiger partial charge is 0.466 e. The van der Waals surface area contributed by atoms with Gasteiger partial charge in [-0.25, -0.2) is 24.1 Å². The van der Waals surface area contributed by atoms with Gasteiger partial charge < -0.3 is 9.47 Å². The van der Waals surface area contributed by atoms with Crippen molar-refractivity contribution in [2.75, 3.05) is 6.61 Å². The average molecular weight is 562 g/mol. The highest BCUT2D eigenvalue weighted by atomic mass is 35.5. The van der Waals surface area contributed by atoms with Crippen LogP contribution in [-0.2, 0) is 16.1 Å². The molecule has 1 saturated carbocycles. The van der Waals surface area contributed by atoms with Crippen LogP contribution in [0, 0.1) is 12.8 Å². The van der Waals surface area contributed by atoms with Crippen LogP contribution in [0.3, 0.4) is 0 Å². The average Bonchev–Trinajstić information content (AvgIpc) is 2.91. The van der Waals surface area contributed by atoms with Gasteiger partial charge in [-0.05, 0) is 62.6 Å². The molecule has 2 heterocycles. The number of halogens is 1. The fourth-order valence-corrected chi connectivity index (χ4v) is 4.58. The Morgan fingerprint density at radius 2 is 1.80 bits per heavy atom. The number of carbonyl (C=O) groups excluding carboxylic acids is 1. The Bertz CT molecular complexity index is 1680. The topological polar surface area (TPSA) is 121 Å². The van der Waals surface area contributed by atoms with Crippen LogP contribution in [0.4, 0.5) is 5.69 Å². The summed E-state index contributed by atoms with van der Waals surface area (Å²) in [7, 11) is 0. The second-order valence-electron chi connectivity index (χ2n) is 9.57. The summed E-state index contributed by atoms with van der Waals surface area (Å²) in [5.41, 5.74) is 1.51. The lowest BCUT2D eigenvalue weighted by atomic mass is 9.80. The molecular weight excluding hydrogens is 534 g/mol. The van der Waals surface area contributed by atoms with Crippen molar-refractivity contribution in [2.45, 2.75) is 39.3 Å². The molecule has 0 spiro atoms. The van der Waals surface area contributed by atoms with Gasteiger partial charge in [0, 0.05) is 18.3 Å². The smallest absolute Gasteiger partial charge is 0.335 e. The van der Waals surface area contributed by atoms with Crippen LogP contribution in [-0.4, -0.2) is 31.7 Å². The van der Waals surface area contributed by atoms with E-state index in [1.165, 1.54) is 15.3 Å². The van der Waals surface area contributed by atoms with E-state index in [0.29, 0.717) is 41.8 Å². The first-order chi connectivity index (χ1) is 19.3. The molecule has 2 aromatic carbocycles. The normalized spacial score (nSPS) is 16.8. The van der Waals surface area contributed by atoms with Crippen molar-refractivity contribution in [3.63, 3.8) is 0 Å². The Morgan fingerprint density at radius 3 is 2.45 bits per heavy atom. The fraction of sp³-hybridized carbons (Fsp3) is 0.276. The molecular formula is C29H28ClN5O5. The summed E-state index contributed by atoms with van der Waals surface area (Å²) in [6.45, 7) is 4.22. The van der Waals surface area contributed by atoms with Gasteiger partial charge in [-0.15, -0.1) is 0 Å². The summed E-state index contributed by atoms with van der Waals surface area (Å²) in [5.74, 6) is 0.294. The standard InChI is InChI=1S/C29H28ClN5O5/c1-3-39-26(36)20-14-23(15-20)35-28(37)33-27(34(29(35)38)17-19-6-4-18(2)5-7-19)32-22-9-11-24(12-10-22)40-25-13-8-21(30)16-31-25/h4-13,16,20,23H,3,14-15,17H2,1-2H3,(H,32,33,37)/t20-,23+. The minimum atomic E-state index is -0.579. The molecule has 5 rings (SSSR count). The van der Waals surface area contributed by atoms with Gasteiger partial charge in [0.15, 0.2) is 0 Å². The van der Waals surface area contributed by atoms with Crippen LogP contribution in [0.15, 0.2) is 81.4 Å². The maximum atomic E-state index is 13.7. The van der Waals surface area contributed by atoms with E-state index in [0.717, 1.165) is 11.1 Å². The van der Waals surface area contributed by atoms with E-state index < -0.39 is 17.4 Å². The molecule has 1 N–H and O–H groups in total. The third-order valence-electron chi connectivity index (χ3n) is 6.68. The first-order valence-corrected chi connectivity index (χ1v) is 13.3. The minimum absolute atomic E-state index is 0.112. The fourth-order valence-electron chi connectivity index (χ4n) is 4.47. The van der Waals surface area contributed by atoms with Crippen molar-refractivity contribution in [2.24, 2.45) is 10.9 Å². The summed E-state index contributed by atoms with van der Waals surface area (Å²) < 4.78 is 13.4. The summed E-state index contributed by atoms with van der Waals surface area (Å²) >= 11 is 5.87. The number of benzene rings is 2. The van der Waals surface area contributed by atoms with Crippen molar-refractivity contribution >= 4 is 23.3 Å². The van der Waals surface area contributed by atoms with E-state index in [2.05, 4.69) is 15.0 Å². The van der Waals surface area contributed by atoms with Gasteiger partial charge in [0.25, 0.3) is 0 Å². The van der Waals surface area contributed by atoms with Crippen LogP contribution >= 0.6 is 11.6 Å². The second-order valence-corrected chi connectivity index (χ2v) is 10.0. The van der Waals surface area contributed by atoms with Crippen LogP contribution in [0.1, 0.15) is 36.9 Å². The maximum Gasteiger partial charge on any atom is 0.335 e. The first kappa shape index (κ1) is 27.1. The predicted octanol–water partition coefficient (Wildman–Crippen LogP) is 4.28. The van der Waals surface area contributed by atoms with Crippen LogP contribution in [0.2, 0.25) is 5.02 Å². The Kier molecular flexibility index (Phi) is 7.97. The monoisotopic (exact) mass is 561 g/mol. The Balaban J connectivity index is 1.48. The van der Waals surface area contributed by atoms with Gasteiger partial charge in [-0.3, -0.25) is 14.3 Å². The Labute approximate surface area is 234 Å². The van der Waals surface area contributed by atoms with E-state index in [9.17, 15) is 14.4 Å².